The van der Waals surface area contributed by atoms with Gasteiger partial charge in [0.15, 0.2) is 5.13 Å². The van der Waals surface area contributed by atoms with Crippen LogP contribution >= 0.6 is 11.3 Å². The fourth-order valence-electron chi connectivity index (χ4n) is 2.66. The van der Waals surface area contributed by atoms with Crippen LogP contribution in [0.3, 0.4) is 0 Å². The van der Waals surface area contributed by atoms with Crippen LogP contribution in [0.15, 0.2) is 42.5 Å². The second kappa shape index (κ2) is 5.38. The van der Waals surface area contributed by atoms with Gasteiger partial charge in [-0.3, -0.25) is 10.1 Å². The van der Waals surface area contributed by atoms with Gasteiger partial charge in [0.2, 0.25) is 0 Å². The van der Waals surface area contributed by atoms with Crippen molar-refractivity contribution in [2.45, 2.75) is 0 Å². The molecule has 0 fully saturated rings. The monoisotopic (exact) mass is 343 g/mol. The third-order valence-electron chi connectivity index (χ3n) is 3.84. The number of fused-ring (bicyclic) bond motifs is 2. The van der Waals surface area contributed by atoms with E-state index in [0.29, 0.717) is 31.9 Å². The van der Waals surface area contributed by atoms with Crippen molar-refractivity contribution in [3.63, 3.8) is 0 Å². The first kappa shape index (κ1) is 14.8. The number of carbonyl (C=O) groups excluding carboxylic acids is 1. The molecule has 0 unspecified atom stereocenters. The predicted octanol–water partition coefficient (Wildman–Crippen LogP) is 4.32. The molecule has 0 spiro atoms. The number of halogens is 2. The topological polar surface area (TPSA) is 46.9 Å². The van der Waals surface area contributed by atoms with Crippen LogP contribution in [0.4, 0.5) is 13.9 Å². The molecule has 2 aromatic carbocycles. The molecule has 0 atom stereocenters. The lowest BCUT2D eigenvalue weighted by Gasteiger charge is -2.03. The number of thiazole rings is 1. The highest BCUT2D eigenvalue weighted by Crippen LogP contribution is 2.27. The van der Waals surface area contributed by atoms with Crippen LogP contribution < -0.4 is 5.32 Å². The molecular weight excluding hydrogens is 332 g/mol. The third kappa shape index (κ3) is 2.33. The minimum atomic E-state index is -0.396. The molecule has 0 saturated carbocycles. The minimum absolute atomic E-state index is 0.320. The molecule has 0 saturated heterocycles. The van der Waals surface area contributed by atoms with Crippen molar-refractivity contribution in [1.29, 1.82) is 0 Å². The number of benzene rings is 2. The summed E-state index contributed by atoms with van der Waals surface area (Å²) in [5, 5.41) is 3.44. The molecule has 24 heavy (non-hydrogen) atoms. The Morgan fingerprint density at radius 1 is 1.21 bits per heavy atom. The highest BCUT2D eigenvalue weighted by molar-refractivity contribution is 7.22. The quantitative estimate of drug-likeness (QED) is 0.589. The molecular formula is C17H11F2N3OS. The van der Waals surface area contributed by atoms with Crippen molar-refractivity contribution in [2.75, 3.05) is 5.32 Å². The van der Waals surface area contributed by atoms with Gasteiger partial charge in [0.25, 0.3) is 5.91 Å². The van der Waals surface area contributed by atoms with Gasteiger partial charge in [-0.2, -0.15) is 0 Å². The Morgan fingerprint density at radius 2 is 2.04 bits per heavy atom. The first-order valence-electron chi connectivity index (χ1n) is 7.14. The second-order valence-corrected chi connectivity index (χ2v) is 6.38. The molecule has 4 nitrogen and oxygen atoms in total. The van der Waals surface area contributed by atoms with Gasteiger partial charge >= 0.3 is 0 Å². The lowest BCUT2D eigenvalue weighted by atomic mass is 10.2. The Hall–Kier alpha value is -2.80. The van der Waals surface area contributed by atoms with E-state index >= 15 is 0 Å². The van der Waals surface area contributed by atoms with Crippen LogP contribution in [-0.2, 0) is 7.05 Å². The van der Waals surface area contributed by atoms with Crippen LogP contribution in [0.5, 0.6) is 0 Å². The van der Waals surface area contributed by atoms with E-state index in [-0.39, 0.29) is 11.6 Å². The number of rotatable bonds is 2. The molecule has 0 aliphatic carbocycles. The largest absolute Gasteiger partial charge is 0.340 e. The van der Waals surface area contributed by atoms with E-state index in [1.165, 1.54) is 35.6 Å². The zero-order valence-corrected chi connectivity index (χ0v) is 13.3. The lowest BCUT2D eigenvalue weighted by Crippen LogP contribution is -2.15. The number of amides is 1. The molecule has 0 radical (unpaired) electrons. The summed E-state index contributed by atoms with van der Waals surface area (Å²) in [6, 6.07) is 10.5. The average molecular weight is 343 g/mol. The summed E-state index contributed by atoms with van der Waals surface area (Å²) in [7, 11) is 1.70. The Bertz CT molecular complexity index is 1100. The molecule has 0 aliphatic rings. The molecule has 0 bridgehead atoms. The maximum atomic E-state index is 13.9. The molecule has 2 aromatic heterocycles. The predicted molar refractivity (Wildman–Crippen MR) is 90.4 cm³/mol. The number of nitrogens with zero attached hydrogens (tertiary/aromatic N) is 2. The normalized spacial score (nSPS) is 11.3. The highest BCUT2D eigenvalue weighted by Gasteiger charge is 2.17. The summed E-state index contributed by atoms with van der Waals surface area (Å²) in [6.45, 7) is 0. The van der Waals surface area contributed by atoms with Crippen LogP contribution in [0.1, 0.15) is 10.5 Å². The Labute approximate surface area is 139 Å². The van der Waals surface area contributed by atoms with Crippen molar-refractivity contribution in [1.82, 2.24) is 9.55 Å². The van der Waals surface area contributed by atoms with Crippen molar-refractivity contribution in [3.8, 4) is 0 Å². The number of carbonyl (C=O) groups is 1. The van der Waals surface area contributed by atoms with Gasteiger partial charge < -0.3 is 4.57 Å². The molecule has 2 heterocycles. The first-order chi connectivity index (χ1) is 11.5. The molecule has 120 valence electrons. The Balaban J connectivity index is 1.70. The smallest absolute Gasteiger partial charge is 0.274 e. The van der Waals surface area contributed by atoms with E-state index in [9.17, 15) is 13.6 Å². The van der Waals surface area contributed by atoms with Crippen LogP contribution in [0, 0.1) is 11.6 Å². The maximum absolute atomic E-state index is 13.9. The van der Waals surface area contributed by atoms with E-state index in [2.05, 4.69) is 10.3 Å². The van der Waals surface area contributed by atoms with Crippen molar-refractivity contribution in [2.24, 2.45) is 7.05 Å². The van der Waals surface area contributed by atoms with E-state index < -0.39 is 5.91 Å². The summed E-state index contributed by atoms with van der Waals surface area (Å²) in [4.78, 5) is 16.8. The lowest BCUT2D eigenvalue weighted by molar-refractivity contribution is 0.102. The highest BCUT2D eigenvalue weighted by atomic mass is 32.1. The zero-order valence-electron chi connectivity index (χ0n) is 12.5. The molecule has 1 N–H and O–H groups in total. The van der Waals surface area contributed by atoms with E-state index in [1.54, 1.807) is 29.8 Å². The number of aromatic nitrogens is 2. The third-order valence-corrected chi connectivity index (χ3v) is 4.77. The van der Waals surface area contributed by atoms with Gasteiger partial charge in [0.05, 0.1) is 15.7 Å². The fourth-order valence-corrected chi connectivity index (χ4v) is 3.54. The van der Waals surface area contributed by atoms with Gasteiger partial charge in [0.1, 0.15) is 17.3 Å². The van der Waals surface area contributed by atoms with Crippen molar-refractivity contribution >= 4 is 43.5 Å². The maximum Gasteiger partial charge on any atom is 0.274 e. The molecule has 0 aliphatic heterocycles. The summed E-state index contributed by atoms with van der Waals surface area (Å²) in [5.41, 5.74) is 1.56. The molecule has 1 amide bonds. The number of hydrogen-bond acceptors (Lipinski definition) is 3. The van der Waals surface area contributed by atoms with Crippen LogP contribution in [0.25, 0.3) is 21.1 Å². The standard InChI is InChI=1S/C17H11F2N3OS/c1-22-13-4-2-3-11(19)10(13)8-14(22)16(23)21-17-20-12-6-5-9(18)7-15(12)24-17/h2-8H,1H3,(H,20,21,23). The zero-order chi connectivity index (χ0) is 16.8. The summed E-state index contributed by atoms with van der Waals surface area (Å²) in [5.74, 6) is -1.13. The minimum Gasteiger partial charge on any atom is -0.340 e. The Morgan fingerprint density at radius 3 is 2.83 bits per heavy atom. The summed E-state index contributed by atoms with van der Waals surface area (Å²) in [6.07, 6.45) is 0. The Kier molecular flexibility index (Phi) is 3.31. The van der Waals surface area contributed by atoms with Gasteiger partial charge in [-0.25, -0.2) is 13.8 Å². The molecule has 4 aromatic rings. The molecule has 4 rings (SSSR count). The fraction of sp³-hybridized carbons (Fsp3) is 0.0588. The average Bonchev–Trinajstić information content (AvgIpc) is 3.09. The van der Waals surface area contributed by atoms with E-state index in [0.717, 1.165) is 0 Å². The van der Waals surface area contributed by atoms with Gasteiger partial charge in [-0.1, -0.05) is 17.4 Å². The number of nitrogens with one attached hydrogen (secondary N) is 1. The van der Waals surface area contributed by atoms with Crippen molar-refractivity contribution < 1.29 is 13.6 Å². The van der Waals surface area contributed by atoms with Crippen LogP contribution in [-0.4, -0.2) is 15.5 Å². The summed E-state index contributed by atoms with van der Waals surface area (Å²) < 4.78 is 29.4. The van der Waals surface area contributed by atoms with Gasteiger partial charge in [-0.05, 0) is 36.4 Å². The second-order valence-electron chi connectivity index (χ2n) is 5.35. The number of anilines is 1. The number of hydrogen-bond donors (Lipinski definition) is 1. The van der Waals surface area contributed by atoms with Crippen molar-refractivity contribution in [3.05, 3.63) is 59.8 Å². The van der Waals surface area contributed by atoms with E-state index in [1.807, 2.05) is 0 Å². The van der Waals surface area contributed by atoms with E-state index in [4.69, 9.17) is 0 Å². The SMILES string of the molecule is Cn1c(C(=O)Nc2nc3ccc(F)cc3s2)cc2c(F)cccc21. The van der Waals surface area contributed by atoms with Crippen LogP contribution in [0.2, 0.25) is 0 Å². The molecule has 7 heteroatoms. The first-order valence-corrected chi connectivity index (χ1v) is 7.96. The van der Waals surface area contributed by atoms with Gasteiger partial charge in [-0.15, -0.1) is 0 Å². The summed E-state index contributed by atoms with van der Waals surface area (Å²) >= 11 is 1.18. The number of aryl methyl sites for hydroxylation is 1. The van der Waals surface area contributed by atoms with Gasteiger partial charge in [0, 0.05) is 12.4 Å².